The van der Waals surface area contributed by atoms with Gasteiger partial charge in [-0.3, -0.25) is 9.59 Å². The second-order valence-electron chi connectivity index (χ2n) is 7.02. The number of carboxylic acids is 1. The standard InChI is InChI=1S/C14H26BN3O6/c16-11(7-19)12(20)18-5-8-4-14(17,13(21)22)10(9(8)6-18)2-1-3-15(23)24/h8-11,19,23-24H,1-7,16-17H2,(H,21,22)/t8-,9+,10-,11-,14-/m0/s1. The molecule has 136 valence electrons. The van der Waals surface area contributed by atoms with Crippen LogP contribution in [0, 0.1) is 17.8 Å². The van der Waals surface area contributed by atoms with Gasteiger partial charge in [0, 0.05) is 13.1 Å². The summed E-state index contributed by atoms with van der Waals surface area (Å²) >= 11 is 0. The zero-order chi connectivity index (χ0) is 18.1. The van der Waals surface area contributed by atoms with Crippen molar-refractivity contribution in [2.24, 2.45) is 29.2 Å². The zero-order valence-electron chi connectivity index (χ0n) is 13.5. The third-order valence-electron chi connectivity index (χ3n) is 5.47. The topological polar surface area (TPSA) is 170 Å². The summed E-state index contributed by atoms with van der Waals surface area (Å²) in [5.74, 6) is -1.82. The molecule has 0 unspecified atom stereocenters. The van der Waals surface area contributed by atoms with E-state index < -0.39 is 31.3 Å². The molecular weight excluding hydrogens is 317 g/mol. The van der Waals surface area contributed by atoms with Gasteiger partial charge < -0.3 is 36.6 Å². The second kappa shape index (κ2) is 7.36. The summed E-state index contributed by atoms with van der Waals surface area (Å²) < 4.78 is 0. The lowest BCUT2D eigenvalue weighted by Crippen LogP contribution is -2.54. The number of hydrogen-bond donors (Lipinski definition) is 6. The Balaban J connectivity index is 2.09. The number of aliphatic hydroxyl groups is 1. The van der Waals surface area contributed by atoms with E-state index >= 15 is 0 Å². The minimum Gasteiger partial charge on any atom is -0.480 e. The highest BCUT2D eigenvalue weighted by atomic mass is 16.4. The highest BCUT2D eigenvalue weighted by Gasteiger charge is 2.58. The molecule has 2 fully saturated rings. The van der Waals surface area contributed by atoms with Crippen LogP contribution in [0.2, 0.25) is 6.32 Å². The fourth-order valence-corrected chi connectivity index (χ4v) is 4.27. The second-order valence-corrected chi connectivity index (χ2v) is 7.02. The van der Waals surface area contributed by atoms with Gasteiger partial charge in [0.25, 0.3) is 0 Å². The van der Waals surface area contributed by atoms with Gasteiger partial charge in [0.1, 0.15) is 11.6 Å². The van der Waals surface area contributed by atoms with Crippen LogP contribution >= 0.6 is 0 Å². The fraction of sp³-hybridized carbons (Fsp3) is 0.857. The van der Waals surface area contributed by atoms with Crippen molar-refractivity contribution in [3.8, 4) is 0 Å². The molecule has 9 nitrogen and oxygen atoms in total. The number of aliphatic carboxylic acids is 1. The lowest BCUT2D eigenvalue weighted by Gasteiger charge is -2.31. The van der Waals surface area contributed by atoms with Crippen molar-refractivity contribution < 1.29 is 29.9 Å². The average molecular weight is 343 g/mol. The van der Waals surface area contributed by atoms with E-state index in [1.807, 2.05) is 0 Å². The first kappa shape index (κ1) is 19.1. The number of amides is 1. The Morgan fingerprint density at radius 2 is 2.00 bits per heavy atom. The first-order valence-electron chi connectivity index (χ1n) is 8.24. The number of fused-ring (bicyclic) bond motifs is 1. The van der Waals surface area contributed by atoms with Crippen LogP contribution < -0.4 is 11.5 Å². The monoisotopic (exact) mass is 343 g/mol. The van der Waals surface area contributed by atoms with Gasteiger partial charge in [-0.25, -0.2) is 0 Å². The van der Waals surface area contributed by atoms with Gasteiger partial charge in [0.05, 0.1) is 6.61 Å². The Morgan fingerprint density at radius 3 is 2.54 bits per heavy atom. The summed E-state index contributed by atoms with van der Waals surface area (Å²) in [7, 11) is -1.43. The molecule has 0 spiro atoms. The quantitative estimate of drug-likeness (QED) is 0.274. The first-order valence-corrected chi connectivity index (χ1v) is 8.24. The molecule has 0 aromatic rings. The number of nitrogens with two attached hydrogens (primary N) is 2. The maximum Gasteiger partial charge on any atom is 0.451 e. The van der Waals surface area contributed by atoms with Crippen molar-refractivity contribution >= 4 is 19.0 Å². The summed E-state index contributed by atoms with van der Waals surface area (Å²) in [5, 5.41) is 36.5. The summed E-state index contributed by atoms with van der Waals surface area (Å²) in [5.41, 5.74) is 10.4. The number of rotatable bonds is 7. The lowest BCUT2D eigenvalue weighted by molar-refractivity contribution is -0.145. The maximum absolute atomic E-state index is 12.1. The molecule has 1 amide bonds. The number of hydrogen-bond acceptors (Lipinski definition) is 7. The third-order valence-corrected chi connectivity index (χ3v) is 5.47. The smallest absolute Gasteiger partial charge is 0.451 e. The van der Waals surface area contributed by atoms with E-state index in [0.717, 1.165) is 0 Å². The van der Waals surface area contributed by atoms with Gasteiger partial charge in [-0.15, -0.1) is 0 Å². The fourth-order valence-electron chi connectivity index (χ4n) is 4.27. The van der Waals surface area contributed by atoms with Crippen LogP contribution in [-0.2, 0) is 9.59 Å². The summed E-state index contributed by atoms with van der Waals surface area (Å²) in [6.45, 7) is 0.330. The molecule has 10 heteroatoms. The number of carboxylic acid groups (broad SMARTS) is 1. The van der Waals surface area contributed by atoms with Gasteiger partial charge in [0.2, 0.25) is 5.91 Å². The highest BCUT2D eigenvalue weighted by molar-refractivity contribution is 6.40. The average Bonchev–Trinajstić information content (AvgIpc) is 3.02. The van der Waals surface area contributed by atoms with Crippen LogP contribution in [-0.4, -0.2) is 75.4 Å². The number of carbonyl (C=O) groups is 2. The lowest BCUT2D eigenvalue weighted by atomic mass is 9.76. The van der Waals surface area contributed by atoms with Gasteiger partial charge in [-0.2, -0.15) is 0 Å². The van der Waals surface area contributed by atoms with E-state index in [9.17, 15) is 14.7 Å². The van der Waals surface area contributed by atoms with Crippen LogP contribution in [0.5, 0.6) is 0 Å². The molecule has 1 saturated heterocycles. The van der Waals surface area contributed by atoms with Gasteiger partial charge in [0.15, 0.2) is 0 Å². The van der Waals surface area contributed by atoms with Crippen molar-refractivity contribution in [3.63, 3.8) is 0 Å². The van der Waals surface area contributed by atoms with Crippen molar-refractivity contribution in [1.82, 2.24) is 4.90 Å². The van der Waals surface area contributed by atoms with E-state index in [2.05, 4.69) is 0 Å². The maximum atomic E-state index is 12.1. The predicted octanol–water partition coefficient (Wildman–Crippen LogP) is -2.56. The minimum absolute atomic E-state index is 0.0232. The molecule has 1 saturated carbocycles. The van der Waals surface area contributed by atoms with E-state index in [4.69, 9.17) is 26.6 Å². The zero-order valence-corrected chi connectivity index (χ0v) is 13.5. The van der Waals surface area contributed by atoms with E-state index in [1.165, 1.54) is 0 Å². The van der Waals surface area contributed by atoms with Gasteiger partial charge in [-0.05, 0) is 36.9 Å². The molecule has 8 N–H and O–H groups in total. The Hall–Kier alpha value is -1.20. The molecular formula is C14H26BN3O6. The molecule has 0 radical (unpaired) electrons. The summed E-state index contributed by atoms with van der Waals surface area (Å²) in [6.07, 6.45) is 1.33. The van der Waals surface area contributed by atoms with E-state index in [-0.39, 0.29) is 36.4 Å². The van der Waals surface area contributed by atoms with Gasteiger partial charge >= 0.3 is 13.1 Å². The van der Waals surface area contributed by atoms with Crippen LogP contribution in [0.15, 0.2) is 0 Å². The Labute approximate surface area is 140 Å². The molecule has 1 aliphatic heterocycles. The number of likely N-dealkylation sites (tertiary alicyclic amines) is 1. The van der Waals surface area contributed by atoms with Crippen LogP contribution in [0.3, 0.4) is 0 Å². The van der Waals surface area contributed by atoms with Crippen molar-refractivity contribution in [3.05, 3.63) is 0 Å². The van der Waals surface area contributed by atoms with Crippen molar-refractivity contribution in [1.29, 1.82) is 0 Å². The molecule has 2 rings (SSSR count). The summed E-state index contributed by atoms with van der Waals surface area (Å²) in [4.78, 5) is 25.4. The molecule has 0 aromatic carbocycles. The molecule has 1 aliphatic carbocycles. The van der Waals surface area contributed by atoms with Crippen LogP contribution in [0.1, 0.15) is 19.3 Å². The Morgan fingerprint density at radius 1 is 1.33 bits per heavy atom. The minimum atomic E-state index is -1.43. The molecule has 0 bridgehead atoms. The largest absolute Gasteiger partial charge is 0.480 e. The normalized spacial score (nSPS) is 33.4. The third kappa shape index (κ3) is 3.57. The van der Waals surface area contributed by atoms with Crippen LogP contribution in [0.25, 0.3) is 0 Å². The highest BCUT2D eigenvalue weighted by Crippen LogP contribution is 2.49. The SMILES string of the molecule is N[C@@H](CO)C(=O)N1C[C@@H]2C[C@@](N)(C(=O)O)[C@@H](CCCB(O)O)[C@@H]2C1. The van der Waals surface area contributed by atoms with E-state index in [0.29, 0.717) is 25.9 Å². The Bertz CT molecular complexity index is 493. The van der Waals surface area contributed by atoms with E-state index in [1.54, 1.807) is 4.90 Å². The van der Waals surface area contributed by atoms with Gasteiger partial charge in [-0.1, -0.05) is 6.42 Å². The van der Waals surface area contributed by atoms with Crippen molar-refractivity contribution in [2.75, 3.05) is 19.7 Å². The molecule has 2 aliphatic rings. The van der Waals surface area contributed by atoms with Crippen molar-refractivity contribution in [2.45, 2.75) is 37.2 Å². The number of nitrogens with zero attached hydrogens (tertiary/aromatic N) is 1. The molecule has 1 heterocycles. The predicted molar refractivity (Wildman–Crippen MR) is 85.5 cm³/mol. The van der Waals surface area contributed by atoms with Crippen LogP contribution in [0.4, 0.5) is 0 Å². The summed E-state index contributed by atoms with van der Waals surface area (Å²) in [6, 6.07) is -0.964. The molecule has 0 aromatic heterocycles. The number of carbonyl (C=O) groups excluding carboxylic acids is 1. The molecule has 24 heavy (non-hydrogen) atoms. The molecule has 5 atom stereocenters. The Kier molecular flexibility index (Phi) is 5.87. The first-order chi connectivity index (χ1) is 11.2. The number of aliphatic hydroxyl groups excluding tert-OH is 1.